The summed E-state index contributed by atoms with van der Waals surface area (Å²) in [7, 11) is 1.89. The van der Waals surface area contributed by atoms with Crippen LogP contribution in [0.3, 0.4) is 0 Å². The van der Waals surface area contributed by atoms with Crippen molar-refractivity contribution in [1.82, 2.24) is 0 Å². The van der Waals surface area contributed by atoms with Crippen LogP contribution in [0.1, 0.15) is 49.4 Å². The molecule has 0 unspecified atom stereocenters. The number of ketones is 1. The second kappa shape index (κ2) is 6.18. The number of hydrogen-bond donors (Lipinski definition) is 0. The molecule has 1 aliphatic carbocycles. The monoisotopic (exact) mass is 263 g/mol. The number of rotatable bonds is 4. The second-order valence-electron chi connectivity index (χ2n) is 5.58. The van der Waals surface area contributed by atoms with E-state index in [-0.39, 0.29) is 11.6 Å². The minimum atomic E-state index is -0.300. The van der Waals surface area contributed by atoms with Crippen LogP contribution < -0.4 is 4.90 Å². The maximum atomic E-state index is 14.0. The van der Waals surface area contributed by atoms with Crippen molar-refractivity contribution in [2.24, 2.45) is 5.92 Å². The first-order valence-corrected chi connectivity index (χ1v) is 7.10. The van der Waals surface area contributed by atoms with Gasteiger partial charge in [-0.2, -0.15) is 0 Å². The minimum absolute atomic E-state index is 0.0787. The second-order valence-corrected chi connectivity index (χ2v) is 5.58. The zero-order chi connectivity index (χ0) is 13.8. The van der Waals surface area contributed by atoms with E-state index in [2.05, 4.69) is 0 Å². The summed E-state index contributed by atoms with van der Waals surface area (Å²) in [6, 6.07) is 4.74. The molecule has 1 aromatic rings. The molecule has 0 radical (unpaired) electrons. The van der Waals surface area contributed by atoms with Gasteiger partial charge < -0.3 is 4.90 Å². The number of carbonyl (C=O) groups is 1. The third-order valence-electron chi connectivity index (χ3n) is 4.00. The Labute approximate surface area is 114 Å². The summed E-state index contributed by atoms with van der Waals surface area (Å²) in [5.74, 6) is 0.245. The summed E-state index contributed by atoms with van der Waals surface area (Å²) in [6.07, 6.45) is 6.30. The molecule has 2 nitrogen and oxygen atoms in total. The number of nitrogens with zero attached hydrogens (tertiary/aromatic N) is 1. The van der Waals surface area contributed by atoms with Gasteiger partial charge in [0.25, 0.3) is 0 Å². The van der Waals surface area contributed by atoms with Gasteiger partial charge in [0.1, 0.15) is 5.82 Å². The molecule has 3 heteroatoms. The molecule has 1 aliphatic rings. The lowest BCUT2D eigenvalue weighted by molar-refractivity contribution is 0.101. The topological polar surface area (TPSA) is 20.3 Å². The smallest absolute Gasteiger partial charge is 0.161 e. The van der Waals surface area contributed by atoms with E-state index in [1.807, 2.05) is 11.9 Å². The summed E-state index contributed by atoms with van der Waals surface area (Å²) < 4.78 is 14.0. The third kappa shape index (κ3) is 3.34. The van der Waals surface area contributed by atoms with Gasteiger partial charge in [0.05, 0.1) is 5.69 Å². The average molecular weight is 263 g/mol. The van der Waals surface area contributed by atoms with Crippen LogP contribution in [-0.4, -0.2) is 19.4 Å². The standard InChI is InChI=1S/C16H22FNO/c1-12(19)14-9-6-10-15(17)16(14)18(2)11-13-7-4-3-5-8-13/h6,9-10,13H,3-5,7-8,11H2,1-2H3. The van der Waals surface area contributed by atoms with Gasteiger partial charge in [-0.05, 0) is 37.8 Å². The molecule has 0 bridgehead atoms. The molecular formula is C16H22FNO. The number of para-hydroxylation sites is 1. The van der Waals surface area contributed by atoms with Gasteiger partial charge in [-0.15, -0.1) is 0 Å². The largest absolute Gasteiger partial charge is 0.371 e. The molecule has 1 saturated carbocycles. The van der Waals surface area contributed by atoms with Crippen molar-refractivity contribution in [3.05, 3.63) is 29.6 Å². The van der Waals surface area contributed by atoms with Crippen molar-refractivity contribution < 1.29 is 9.18 Å². The SMILES string of the molecule is CC(=O)c1cccc(F)c1N(C)CC1CCCCC1. The zero-order valence-corrected chi connectivity index (χ0v) is 11.8. The lowest BCUT2D eigenvalue weighted by Crippen LogP contribution is -2.28. The van der Waals surface area contributed by atoms with E-state index in [1.165, 1.54) is 45.1 Å². The molecule has 1 fully saturated rings. The summed E-state index contributed by atoms with van der Waals surface area (Å²) in [6.45, 7) is 2.33. The van der Waals surface area contributed by atoms with Crippen molar-refractivity contribution in [3.8, 4) is 0 Å². The van der Waals surface area contributed by atoms with Crippen LogP contribution in [0.15, 0.2) is 18.2 Å². The molecular weight excluding hydrogens is 241 g/mol. The van der Waals surface area contributed by atoms with Gasteiger partial charge in [-0.1, -0.05) is 25.3 Å². The van der Waals surface area contributed by atoms with E-state index in [9.17, 15) is 9.18 Å². The molecule has 0 N–H and O–H groups in total. The van der Waals surface area contributed by atoms with Gasteiger partial charge in [-0.3, -0.25) is 4.79 Å². The third-order valence-corrected chi connectivity index (χ3v) is 4.00. The summed E-state index contributed by atoms with van der Waals surface area (Å²) in [5.41, 5.74) is 0.943. The molecule has 0 saturated heterocycles. The van der Waals surface area contributed by atoms with Gasteiger partial charge in [-0.25, -0.2) is 4.39 Å². The number of halogens is 1. The molecule has 1 aromatic carbocycles. The number of anilines is 1. The number of hydrogen-bond acceptors (Lipinski definition) is 2. The fraction of sp³-hybridized carbons (Fsp3) is 0.562. The van der Waals surface area contributed by atoms with E-state index in [4.69, 9.17) is 0 Å². The van der Waals surface area contributed by atoms with E-state index >= 15 is 0 Å². The first-order valence-electron chi connectivity index (χ1n) is 7.10. The number of Topliss-reactive ketones (excluding diaryl/α,β-unsaturated/α-hetero) is 1. The zero-order valence-electron chi connectivity index (χ0n) is 11.8. The normalized spacial score (nSPS) is 16.4. The Morgan fingerprint density at radius 2 is 2.00 bits per heavy atom. The van der Waals surface area contributed by atoms with Crippen molar-refractivity contribution in [3.63, 3.8) is 0 Å². The van der Waals surface area contributed by atoms with Crippen molar-refractivity contribution in [2.45, 2.75) is 39.0 Å². The number of carbonyl (C=O) groups excluding carboxylic acids is 1. The van der Waals surface area contributed by atoms with Crippen molar-refractivity contribution >= 4 is 11.5 Å². The van der Waals surface area contributed by atoms with E-state index in [0.29, 0.717) is 17.2 Å². The maximum absolute atomic E-state index is 14.0. The summed E-state index contributed by atoms with van der Waals surface area (Å²) in [5, 5.41) is 0. The first-order chi connectivity index (χ1) is 9.09. The highest BCUT2D eigenvalue weighted by molar-refractivity contribution is 5.99. The minimum Gasteiger partial charge on any atom is -0.371 e. The Kier molecular flexibility index (Phi) is 4.56. The van der Waals surface area contributed by atoms with Crippen molar-refractivity contribution in [1.29, 1.82) is 0 Å². The van der Waals surface area contributed by atoms with Crippen LogP contribution >= 0.6 is 0 Å². The van der Waals surface area contributed by atoms with Gasteiger partial charge >= 0.3 is 0 Å². The fourth-order valence-electron chi connectivity index (χ4n) is 3.04. The van der Waals surface area contributed by atoms with Crippen LogP contribution in [0, 0.1) is 11.7 Å². The first kappa shape index (κ1) is 14.0. The van der Waals surface area contributed by atoms with Crippen LogP contribution in [0.25, 0.3) is 0 Å². The Morgan fingerprint density at radius 1 is 1.32 bits per heavy atom. The molecule has 0 heterocycles. The summed E-state index contributed by atoms with van der Waals surface area (Å²) >= 11 is 0. The van der Waals surface area contributed by atoms with Crippen LogP contribution in [0.5, 0.6) is 0 Å². The lowest BCUT2D eigenvalue weighted by Gasteiger charge is -2.29. The lowest BCUT2D eigenvalue weighted by atomic mass is 9.89. The van der Waals surface area contributed by atoms with Gasteiger partial charge in [0.2, 0.25) is 0 Å². The number of benzene rings is 1. The Morgan fingerprint density at radius 3 is 2.63 bits per heavy atom. The molecule has 0 aliphatic heterocycles. The molecule has 2 rings (SSSR count). The van der Waals surface area contributed by atoms with Gasteiger partial charge in [0, 0.05) is 19.2 Å². The van der Waals surface area contributed by atoms with E-state index in [0.717, 1.165) is 6.54 Å². The Hall–Kier alpha value is -1.38. The highest BCUT2D eigenvalue weighted by Crippen LogP contribution is 2.29. The highest BCUT2D eigenvalue weighted by atomic mass is 19.1. The van der Waals surface area contributed by atoms with Crippen LogP contribution in [0.2, 0.25) is 0 Å². The molecule has 104 valence electrons. The molecule has 0 atom stereocenters. The Balaban J connectivity index is 2.17. The predicted molar refractivity (Wildman–Crippen MR) is 76.2 cm³/mol. The molecule has 19 heavy (non-hydrogen) atoms. The quantitative estimate of drug-likeness (QED) is 0.764. The predicted octanol–water partition coefficient (Wildman–Crippen LogP) is 4.04. The molecule has 0 aromatic heterocycles. The van der Waals surface area contributed by atoms with Crippen LogP contribution in [-0.2, 0) is 0 Å². The van der Waals surface area contributed by atoms with Gasteiger partial charge in [0.15, 0.2) is 5.78 Å². The average Bonchev–Trinajstić information content (AvgIpc) is 2.39. The molecule has 0 amide bonds. The van der Waals surface area contributed by atoms with E-state index < -0.39 is 0 Å². The van der Waals surface area contributed by atoms with Crippen LogP contribution in [0.4, 0.5) is 10.1 Å². The fourth-order valence-corrected chi connectivity index (χ4v) is 3.04. The molecule has 0 spiro atoms. The highest BCUT2D eigenvalue weighted by Gasteiger charge is 2.20. The Bertz CT molecular complexity index is 452. The summed E-state index contributed by atoms with van der Waals surface area (Å²) in [4.78, 5) is 13.5. The maximum Gasteiger partial charge on any atom is 0.161 e. The van der Waals surface area contributed by atoms with Crippen molar-refractivity contribution in [2.75, 3.05) is 18.5 Å². The van der Waals surface area contributed by atoms with E-state index in [1.54, 1.807) is 12.1 Å².